The van der Waals surface area contributed by atoms with E-state index in [1.807, 2.05) is 13.0 Å². The van der Waals surface area contributed by atoms with E-state index < -0.39 is 10.1 Å². The lowest BCUT2D eigenvalue weighted by Crippen LogP contribution is -2.12. The molecule has 0 spiro atoms. The zero-order chi connectivity index (χ0) is 18.6. The van der Waals surface area contributed by atoms with E-state index in [0.29, 0.717) is 11.3 Å². The first-order chi connectivity index (χ1) is 12.4. The van der Waals surface area contributed by atoms with Crippen LogP contribution >= 0.6 is 0 Å². The molecule has 0 aromatic heterocycles. The molecule has 0 fully saturated rings. The number of hydrogen-bond acceptors (Lipinski definition) is 4. The normalized spacial score (nSPS) is 11.0. The van der Waals surface area contributed by atoms with Gasteiger partial charge in [-0.3, -0.25) is 4.79 Å². The second-order valence-corrected chi connectivity index (χ2v) is 7.24. The first-order valence-corrected chi connectivity index (χ1v) is 9.32. The van der Waals surface area contributed by atoms with Gasteiger partial charge in [-0.25, -0.2) is 0 Å². The van der Waals surface area contributed by atoms with Gasteiger partial charge in [0.2, 0.25) is 0 Å². The summed E-state index contributed by atoms with van der Waals surface area (Å²) in [5.41, 5.74) is 2.04. The lowest BCUT2D eigenvalue weighted by Gasteiger charge is -2.09. The average molecular weight is 367 g/mol. The number of anilines is 1. The average Bonchev–Trinajstić information content (AvgIpc) is 2.64. The van der Waals surface area contributed by atoms with E-state index in [4.69, 9.17) is 4.18 Å². The summed E-state index contributed by atoms with van der Waals surface area (Å²) in [6.45, 7) is 1.87. The van der Waals surface area contributed by atoms with Crippen molar-refractivity contribution >= 4 is 21.7 Å². The van der Waals surface area contributed by atoms with Crippen molar-refractivity contribution in [3.8, 4) is 5.75 Å². The maximum atomic E-state index is 12.3. The van der Waals surface area contributed by atoms with Gasteiger partial charge in [0, 0.05) is 11.3 Å². The molecule has 0 aliphatic rings. The lowest BCUT2D eigenvalue weighted by atomic mass is 10.2. The smallest absolute Gasteiger partial charge is 0.339 e. The molecule has 0 saturated heterocycles. The van der Waals surface area contributed by atoms with Crippen LogP contribution in [0.3, 0.4) is 0 Å². The van der Waals surface area contributed by atoms with Crippen molar-refractivity contribution in [3.63, 3.8) is 0 Å². The van der Waals surface area contributed by atoms with Crippen LogP contribution in [0.1, 0.15) is 15.9 Å². The van der Waals surface area contributed by atoms with E-state index in [1.165, 1.54) is 24.3 Å². The standard InChI is InChI=1S/C20H17NO4S/c1-15-7-13-19(14-8-15)26(23,24)25-18-11-9-17(10-12-18)21-20(22)16-5-3-2-4-6-16/h2-14H,1H3,(H,21,22). The number of nitrogens with one attached hydrogen (secondary N) is 1. The molecule has 0 unspecified atom stereocenters. The quantitative estimate of drug-likeness (QED) is 0.692. The van der Waals surface area contributed by atoms with Crippen LogP contribution in [0.5, 0.6) is 5.75 Å². The molecule has 0 aliphatic carbocycles. The Labute approximate surface area is 152 Å². The van der Waals surface area contributed by atoms with Gasteiger partial charge in [0.1, 0.15) is 10.6 Å². The molecule has 0 radical (unpaired) electrons. The number of carbonyl (C=O) groups is 1. The molecule has 0 bridgehead atoms. The van der Waals surface area contributed by atoms with E-state index in [2.05, 4.69) is 5.32 Å². The number of hydrogen-bond donors (Lipinski definition) is 1. The minimum absolute atomic E-state index is 0.0876. The van der Waals surface area contributed by atoms with Crippen LogP contribution in [0.2, 0.25) is 0 Å². The molecular formula is C20H17NO4S. The topological polar surface area (TPSA) is 72.5 Å². The van der Waals surface area contributed by atoms with Gasteiger partial charge < -0.3 is 9.50 Å². The van der Waals surface area contributed by atoms with Crippen molar-refractivity contribution in [1.82, 2.24) is 0 Å². The Hall–Kier alpha value is -3.12. The number of aryl methyl sites for hydroxylation is 1. The van der Waals surface area contributed by atoms with Crippen LogP contribution < -0.4 is 9.50 Å². The minimum Gasteiger partial charge on any atom is -0.379 e. The molecule has 3 aromatic rings. The van der Waals surface area contributed by atoms with Crippen LogP contribution in [0.15, 0.2) is 83.8 Å². The van der Waals surface area contributed by atoms with E-state index >= 15 is 0 Å². The van der Waals surface area contributed by atoms with Crippen molar-refractivity contribution < 1.29 is 17.4 Å². The van der Waals surface area contributed by atoms with Crippen molar-refractivity contribution in [1.29, 1.82) is 0 Å². The Balaban J connectivity index is 1.69. The van der Waals surface area contributed by atoms with Crippen molar-refractivity contribution in [2.45, 2.75) is 11.8 Å². The summed E-state index contributed by atoms with van der Waals surface area (Å²) in [6, 6.07) is 21.4. The van der Waals surface area contributed by atoms with Gasteiger partial charge in [0.25, 0.3) is 5.91 Å². The maximum Gasteiger partial charge on any atom is 0.339 e. The van der Waals surface area contributed by atoms with Crippen molar-refractivity contribution in [2.24, 2.45) is 0 Å². The van der Waals surface area contributed by atoms with Gasteiger partial charge in [0.15, 0.2) is 0 Å². The number of benzene rings is 3. The molecule has 6 heteroatoms. The Morgan fingerprint density at radius 1 is 0.846 bits per heavy atom. The Morgan fingerprint density at radius 2 is 1.46 bits per heavy atom. The fourth-order valence-corrected chi connectivity index (χ4v) is 3.20. The first kappa shape index (κ1) is 17.7. The lowest BCUT2D eigenvalue weighted by molar-refractivity contribution is 0.102. The molecule has 0 heterocycles. The van der Waals surface area contributed by atoms with Gasteiger partial charge in [-0.05, 0) is 55.5 Å². The summed E-state index contributed by atoms with van der Waals surface area (Å²) in [7, 11) is -3.90. The van der Waals surface area contributed by atoms with Crippen LogP contribution in [0.25, 0.3) is 0 Å². The predicted octanol–water partition coefficient (Wildman–Crippen LogP) is 4.02. The Bertz CT molecular complexity index is 996. The van der Waals surface area contributed by atoms with E-state index in [1.54, 1.807) is 48.5 Å². The zero-order valence-electron chi connectivity index (χ0n) is 14.0. The molecular weight excluding hydrogens is 350 g/mol. The second kappa shape index (κ2) is 7.41. The van der Waals surface area contributed by atoms with Gasteiger partial charge in [-0.15, -0.1) is 0 Å². The summed E-state index contributed by atoms with van der Waals surface area (Å²) in [4.78, 5) is 12.2. The largest absolute Gasteiger partial charge is 0.379 e. The highest BCUT2D eigenvalue weighted by atomic mass is 32.2. The van der Waals surface area contributed by atoms with Crippen LogP contribution in [-0.4, -0.2) is 14.3 Å². The third-order valence-corrected chi connectivity index (χ3v) is 4.93. The molecule has 0 atom stereocenters. The highest BCUT2D eigenvalue weighted by Crippen LogP contribution is 2.21. The summed E-state index contributed by atoms with van der Waals surface area (Å²) in [6.07, 6.45) is 0. The monoisotopic (exact) mass is 367 g/mol. The van der Waals surface area contributed by atoms with E-state index in [-0.39, 0.29) is 16.6 Å². The molecule has 5 nitrogen and oxygen atoms in total. The molecule has 3 rings (SSSR count). The van der Waals surface area contributed by atoms with Crippen LogP contribution in [-0.2, 0) is 10.1 Å². The molecule has 1 amide bonds. The van der Waals surface area contributed by atoms with Crippen molar-refractivity contribution in [3.05, 3.63) is 90.0 Å². The van der Waals surface area contributed by atoms with Crippen LogP contribution in [0, 0.1) is 6.92 Å². The first-order valence-electron chi connectivity index (χ1n) is 7.92. The molecule has 26 heavy (non-hydrogen) atoms. The summed E-state index contributed by atoms with van der Waals surface area (Å²) >= 11 is 0. The molecule has 0 saturated carbocycles. The summed E-state index contributed by atoms with van der Waals surface area (Å²) in [5.74, 6) is -0.0742. The Morgan fingerprint density at radius 3 is 2.08 bits per heavy atom. The predicted molar refractivity (Wildman–Crippen MR) is 99.8 cm³/mol. The van der Waals surface area contributed by atoms with E-state index in [9.17, 15) is 13.2 Å². The fourth-order valence-electron chi connectivity index (χ4n) is 2.27. The van der Waals surface area contributed by atoms with Crippen LogP contribution in [0.4, 0.5) is 5.69 Å². The molecule has 132 valence electrons. The van der Waals surface area contributed by atoms with Gasteiger partial charge >= 0.3 is 10.1 Å². The fraction of sp³-hybridized carbons (Fsp3) is 0.0500. The van der Waals surface area contributed by atoms with Gasteiger partial charge in [0.05, 0.1) is 0 Å². The van der Waals surface area contributed by atoms with E-state index in [0.717, 1.165) is 5.56 Å². The highest BCUT2D eigenvalue weighted by Gasteiger charge is 2.16. The molecule has 0 aliphatic heterocycles. The molecule has 3 aromatic carbocycles. The van der Waals surface area contributed by atoms with Gasteiger partial charge in [-0.2, -0.15) is 8.42 Å². The second-order valence-electron chi connectivity index (χ2n) is 5.70. The number of rotatable bonds is 5. The third-order valence-electron chi connectivity index (χ3n) is 3.66. The zero-order valence-corrected chi connectivity index (χ0v) is 14.9. The summed E-state index contributed by atoms with van der Waals surface area (Å²) in [5, 5.41) is 2.74. The molecule has 1 N–H and O–H groups in total. The highest BCUT2D eigenvalue weighted by molar-refractivity contribution is 7.87. The Kier molecular flexibility index (Phi) is 5.04. The maximum absolute atomic E-state index is 12.3. The SMILES string of the molecule is Cc1ccc(S(=O)(=O)Oc2ccc(NC(=O)c3ccccc3)cc2)cc1. The summed E-state index contributed by atoms with van der Waals surface area (Å²) < 4.78 is 29.7. The van der Waals surface area contributed by atoms with Crippen molar-refractivity contribution in [2.75, 3.05) is 5.32 Å². The number of amides is 1. The third kappa shape index (κ3) is 4.29. The van der Waals surface area contributed by atoms with Gasteiger partial charge in [-0.1, -0.05) is 35.9 Å². The minimum atomic E-state index is -3.90. The number of carbonyl (C=O) groups excluding carboxylic acids is 1.